The van der Waals surface area contributed by atoms with Crippen LogP contribution in [0.1, 0.15) is 83.3 Å². The van der Waals surface area contributed by atoms with E-state index in [1.807, 2.05) is 0 Å². The van der Waals surface area contributed by atoms with Crippen LogP contribution in [0, 0.1) is 5.41 Å². The number of aromatic nitrogens is 1. The van der Waals surface area contributed by atoms with Crippen molar-refractivity contribution in [3.8, 4) is 5.75 Å². The maximum Gasteiger partial charge on any atom is 0.248 e. The Bertz CT molecular complexity index is 914. The maximum absolute atomic E-state index is 11.5. The second-order valence-corrected chi connectivity index (χ2v) is 10.5. The third-order valence-electron chi connectivity index (χ3n) is 7.14. The maximum atomic E-state index is 11.5. The topological polar surface area (TPSA) is 88.6 Å². The average Bonchev–Trinajstić information content (AvgIpc) is 2.79. The van der Waals surface area contributed by atoms with Gasteiger partial charge >= 0.3 is 0 Å². The number of aromatic hydroxyl groups is 1. The summed E-state index contributed by atoms with van der Waals surface area (Å²) in [6.07, 6.45) is 10.9. The number of phenols is 1. The van der Waals surface area contributed by atoms with Gasteiger partial charge in [-0.1, -0.05) is 52.0 Å². The molecular formula is C27H43N3O3. The molecule has 0 unspecified atom stereocenters. The fourth-order valence-corrected chi connectivity index (χ4v) is 4.75. The summed E-state index contributed by atoms with van der Waals surface area (Å²) >= 11 is 0. The Labute approximate surface area is 198 Å². The summed E-state index contributed by atoms with van der Waals surface area (Å²) in [5.41, 5.74) is 1.36. The van der Waals surface area contributed by atoms with E-state index in [0.29, 0.717) is 28.4 Å². The number of aliphatic hydroxyl groups excluding tert-OH is 1. The number of aromatic amines is 1. The Balaban J connectivity index is 1.22. The van der Waals surface area contributed by atoms with Gasteiger partial charge in [-0.3, -0.25) is 4.79 Å². The molecule has 1 saturated heterocycles. The number of H-pyrrole nitrogens is 1. The van der Waals surface area contributed by atoms with Crippen LogP contribution in [0.4, 0.5) is 0 Å². The number of nitrogens with one attached hydrogen (secondary N) is 2. The molecule has 2 aromatic rings. The summed E-state index contributed by atoms with van der Waals surface area (Å²) < 4.78 is 0. The van der Waals surface area contributed by atoms with Crippen molar-refractivity contribution in [1.82, 2.24) is 15.2 Å². The fraction of sp³-hybridized carbons (Fsp3) is 0.667. The Hall–Kier alpha value is -1.89. The molecule has 1 fully saturated rings. The highest BCUT2D eigenvalue weighted by Crippen LogP contribution is 2.30. The third kappa shape index (κ3) is 8.13. The molecule has 184 valence electrons. The molecule has 3 rings (SSSR count). The number of piperidine rings is 1. The van der Waals surface area contributed by atoms with E-state index in [-0.39, 0.29) is 11.3 Å². The fourth-order valence-electron chi connectivity index (χ4n) is 4.75. The van der Waals surface area contributed by atoms with Gasteiger partial charge in [0.2, 0.25) is 5.56 Å². The molecule has 1 aliphatic rings. The molecule has 0 spiro atoms. The van der Waals surface area contributed by atoms with Crippen LogP contribution >= 0.6 is 0 Å². The number of aliphatic hydroxyl groups is 1. The van der Waals surface area contributed by atoms with Crippen LogP contribution in [0.2, 0.25) is 0 Å². The van der Waals surface area contributed by atoms with Crippen LogP contribution in [-0.4, -0.2) is 52.8 Å². The summed E-state index contributed by atoms with van der Waals surface area (Å²) in [6, 6.07) is 6.30. The van der Waals surface area contributed by atoms with Crippen molar-refractivity contribution < 1.29 is 10.2 Å². The number of nitrogens with zero attached hydrogens (tertiary/aromatic N) is 1. The molecule has 0 radical (unpaired) electrons. The van der Waals surface area contributed by atoms with Gasteiger partial charge < -0.3 is 25.4 Å². The van der Waals surface area contributed by atoms with Crippen LogP contribution in [0.25, 0.3) is 10.9 Å². The van der Waals surface area contributed by atoms with Gasteiger partial charge in [-0.2, -0.15) is 0 Å². The first-order valence-corrected chi connectivity index (χ1v) is 12.8. The van der Waals surface area contributed by atoms with Gasteiger partial charge in [0.25, 0.3) is 0 Å². The second kappa shape index (κ2) is 12.5. The number of benzene rings is 1. The van der Waals surface area contributed by atoms with Crippen molar-refractivity contribution in [3.05, 3.63) is 40.2 Å². The van der Waals surface area contributed by atoms with E-state index in [0.717, 1.165) is 13.0 Å². The highest BCUT2D eigenvalue weighted by Gasteiger charge is 2.24. The third-order valence-corrected chi connectivity index (χ3v) is 7.14. The van der Waals surface area contributed by atoms with Crippen LogP contribution in [0.5, 0.6) is 5.75 Å². The lowest BCUT2D eigenvalue weighted by molar-refractivity contribution is 0.131. The molecule has 6 heteroatoms. The molecule has 0 bridgehead atoms. The van der Waals surface area contributed by atoms with Crippen LogP contribution in [0.3, 0.4) is 0 Å². The summed E-state index contributed by atoms with van der Waals surface area (Å²) in [6.45, 7) is 9.94. The lowest BCUT2D eigenvalue weighted by Crippen LogP contribution is -2.37. The number of hydrogen-bond donors (Lipinski definition) is 4. The highest BCUT2D eigenvalue weighted by atomic mass is 16.3. The standard InChI is InChI=1S/C27H43N3O3/c1-27(2)14-18-30(19-15-27)17-9-7-5-3-4-6-8-16-28-20-24(32)21-10-12-23(31)26-22(21)11-13-25(33)29-26/h10-13,24,28,31-32H,3-9,14-20H2,1-2H3,(H,29,33)/t24-/m1/s1. The van der Waals surface area contributed by atoms with Crippen molar-refractivity contribution in [2.45, 2.75) is 77.7 Å². The van der Waals surface area contributed by atoms with Gasteiger partial charge in [0.15, 0.2) is 0 Å². The number of fused-ring (bicyclic) bond motifs is 1. The summed E-state index contributed by atoms with van der Waals surface area (Å²) in [7, 11) is 0. The monoisotopic (exact) mass is 457 g/mol. The van der Waals surface area contributed by atoms with Crippen molar-refractivity contribution >= 4 is 10.9 Å². The van der Waals surface area contributed by atoms with Crippen molar-refractivity contribution in [1.29, 1.82) is 0 Å². The zero-order valence-corrected chi connectivity index (χ0v) is 20.5. The first-order chi connectivity index (χ1) is 15.9. The van der Waals surface area contributed by atoms with E-state index >= 15 is 0 Å². The molecule has 1 aliphatic heterocycles. The van der Waals surface area contributed by atoms with Crippen LogP contribution < -0.4 is 10.9 Å². The molecule has 0 saturated carbocycles. The highest BCUT2D eigenvalue weighted by molar-refractivity contribution is 5.87. The number of likely N-dealkylation sites (tertiary alicyclic amines) is 1. The molecule has 1 aromatic carbocycles. The second-order valence-electron chi connectivity index (χ2n) is 10.5. The number of pyridine rings is 1. The number of phenolic OH excluding ortho intramolecular Hbond substituents is 1. The smallest absolute Gasteiger partial charge is 0.248 e. The predicted octanol–water partition coefficient (Wildman–Crippen LogP) is 4.71. The predicted molar refractivity (Wildman–Crippen MR) is 136 cm³/mol. The van der Waals surface area contributed by atoms with E-state index in [4.69, 9.17) is 0 Å². The van der Waals surface area contributed by atoms with Crippen LogP contribution in [-0.2, 0) is 0 Å². The Morgan fingerprint density at radius 3 is 2.39 bits per heavy atom. The first-order valence-electron chi connectivity index (χ1n) is 12.8. The normalized spacial score (nSPS) is 17.4. The molecular weight excluding hydrogens is 414 g/mol. The van der Waals surface area contributed by atoms with Gasteiger partial charge in [0.1, 0.15) is 5.75 Å². The number of unbranched alkanes of at least 4 members (excludes halogenated alkanes) is 6. The lowest BCUT2D eigenvalue weighted by Gasteiger charge is -2.36. The van der Waals surface area contributed by atoms with E-state index in [2.05, 4.69) is 29.0 Å². The van der Waals surface area contributed by atoms with E-state index in [1.165, 1.54) is 83.1 Å². The van der Waals surface area contributed by atoms with Gasteiger partial charge in [-0.05, 0) is 75.0 Å². The molecule has 2 heterocycles. The van der Waals surface area contributed by atoms with E-state index < -0.39 is 6.10 Å². The zero-order chi connectivity index (χ0) is 23.7. The SMILES string of the molecule is CC1(C)CCN(CCCCCCCCCNC[C@@H](O)c2ccc(O)c3[nH]c(=O)ccc23)CC1. The average molecular weight is 458 g/mol. The Morgan fingerprint density at radius 1 is 1.00 bits per heavy atom. The van der Waals surface area contributed by atoms with Gasteiger partial charge in [-0.15, -0.1) is 0 Å². The lowest BCUT2D eigenvalue weighted by atomic mass is 9.82. The van der Waals surface area contributed by atoms with Crippen molar-refractivity contribution in [3.63, 3.8) is 0 Å². The molecule has 1 aromatic heterocycles. The van der Waals surface area contributed by atoms with Crippen LogP contribution in [0.15, 0.2) is 29.1 Å². The summed E-state index contributed by atoms with van der Waals surface area (Å²) in [5, 5.41) is 24.6. The van der Waals surface area contributed by atoms with Gasteiger partial charge in [0.05, 0.1) is 11.6 Å². The summed E-state index contributed by atoms with van der Waals surface area (Å²) in [5.74, 6) is 0.0159. The Morgan fingerprint density at radius 2 is 1.67 bits per heavy atom. The molecule has 6 nitrogen and oxygen atoms in total. The number of hydrogen-bond acceptors (Lipinski definition) is 5. The Kier molecular flexibility index (Phi) is 9.78. The molecule has 4 N–H and O–H groups in total. The summed E-state index contributed by atoms with van der Waals surface area (Å²) in [4.78, 5) is 16.8. The van der Waals surface area contributed by atoms with E-state index in [1.54, 1.807) is 12.1 Å². The quantitative estimate of drug-likeness (QED) is 0.327. The molecule has 33 heavy (non-hydrogen) atoms. The zero-order valence-electron chi connectivity index (χ0n) is 20.5. The largest absolute Gasteiger partial charge is 0.506 e. The molecule has 0 aliphatic carbocycles. The minimum atomic E-state index is -0.690. The minimum absolute atomic E-state index is 0.0159. The number of rotatable bonds is 13. The molecule has 0 amide bonds. The van der Waals surface area contributed by atoms with Crippen molar-refractivity contribution in [2.75, 3.05) is 32.7 Å². The van der Waals surface area contributed by atoms with Gasteiger partial charge in [-0.25, -0.2) is 0 Å². The minimum Gasteiger partial charge on any atom is -0.506 e. The molecule has 1 atom stereocenters. The first kappa shape index (κ1) is 25.7. The van der Waals surface area contributed by atoms with Gasteiger partial charge in [0, 0.05) is 18.0 Å². The van der Waals surface area contributed by atoms with Crippen molar-refractivity contribution in [2.24, 2.45) is 5.41 Å². The van der Waals surface area contributed by atoms with E-state index in [9.17, 15) is 15.0 Å².